The maximum absolute atomic E-state index is 12.6. The highest BCUT2D eigenvalue weighted by Crippen LogP contribution is 2.48. The number of nitrogens with one attached hydrogen (secondary N) is 2. The number of likely N-dealkylation sites (N-methyl/N-ethyl adjacent to an activating group) is 1. The molecule has 2 N–H and O–H groups in total. The number of rotatable bonds is 5. The van der Waals surface area contributed by atoms with Crippen LogP contribution in [0.25, 0.3) is 0 Å². The predicted molar refractivity (Wildman–Crippen MR) is 120 cm³/mol. The van der Waals surface area contributed by atoms with E-state index in [9.17, 15) is 4.79 Å². The maximum Gasteiger partial charge on any atom is 0.240 e. The number of fused-ring (bicyclic) bond motifs is 2. The summed E-state index contributed by atoms with van der Waals surface area (Å²) in [6, 6.07) is 14.7. The third kappa shape index (κ3) is 4.13. The minimum Gasteiger partial charge on any atom is -0.497 e. The highest BCUT2D eigenvalue weighted by molar-refractivity contribution is 8.04. The highest BCUT2D eigenvalue weighted by atomic mass is 32.2. The third-order valence-corrected chi connectivity index (χ3v) is 7.46. The van der Waals surface area contributed by atoms with Gasteiger partial charge in [0.2, 0.25) is 5.91 Å². The third-order valence-electron chi connectivity index (χ3n) is 4.98. The minimum absolute atomic E-state index is 0.0187. The fraction of sp³-hybridized carbons (Fsp3) is 0.318. The molecule has 0 bridgehead atoms. The number of hydrogen-bond donors (Lipinski definition) is 2. The van der Waals surface area contributed by atoms with Crippen LogP contribution < -0.4 is 19.9 Å². The molecular weight excluding hydrogens is 402 g/mol. The number of amides is 1. The van der Waals surface area contributed by atoms with Gasteiger partial charge < -0.3 is 15.0 Å². The molecule has 0 saturated carbocycles. The van der Waals surface area contributed by atoms with Crippen molar-refractivity contribution in [3.05, 3.63) is 53.6 Å². The second kappa shape index (κ2) is 8.34. The summed E-state index contributed by atoms with van der Waals surface area (Å²) in [5, 5.41) is 4.37. The normalized spacial score (nSPS) is 21.4. The Bertz CT molecular complexity index is 961. The fourth-order valence-corrected chi connectivity index (χ4v) is 6.05. The van der Waals surface area contributed by atoms with Crippen LogP contribution in [0.3, 0.4) is 0 Å². The predicted octanol–water partition coefficient (Wildman–Crippen LogP) is 3.25. The number of hydrogen-bond acceptors (Lipinski definition) is 5. The molecule has 2 aliphatic heterocycles. The van der Waals surface area contributed by atoms with E-state index in [1.807, 2.05) is 37.7 Å². The van der Waals surface area contributed by atoms with Crippen molar-refractivity contribution in [3.8, 4) is 5.75 Å². The van der Waals surface area contributed by atoms with Crippen molar-refractivity contribution in [3.63, 3.8) is 0 Å². The number of nitrogens with zero attached hydrogens (tertiary/aromatic N) is 1. The van der Waals surface area contributed by atoms with Crippen molar-refractivity contribution in [1.29, 1.82) is 0 Å². The van der Waals surface area contributed by atoms with Crippen molar-refractivity contribution in [2.45, 2.75) is 35.1 Å². The molecule has 0 aliphatic carbocycles. The lowest BCUT2D eigenvalue weighted by Gasteiger charge is -2.22. The molecule has 5 nitrogen and oxygen atoms in total. The highest BCUT2D eigenvalue weighted by Gasteiger charge is 2.34. The van der Waals surface area contributed by atoms with Gasteiger partial charge in [-0.1, -0.05) is 35.7 Å². The van der Waals surface area contributed by atoms with Crippen LogP contribution in [0.5, 0.6) is 5.75 Å². The quantitative estimate of drug-likeness (QED) is 0.766. The number of anilines is 1. The summed E-state index contributed by atoms with van der Waals surface area (Å²) in [6.45, 7) is 4.25. The van der Waals surface area contributed by atoms with Crippen LogP contribution in [0.2, 0.25) is 0 Å². The van der Waals surface area contributed by atoms with Gasteiger partial charge in [-0.15, -0.1) is 0 Å². The molecule has 2 aromatic rings. The lowest BCUT2D eigenvalue weighted by molar-refractivity contribution is -0.812. The molecule has 29 heavy (non-hydrogen) atoms. The lowest BCUT2D eigenvalue weighted by atomic mass is 10.2. The van der Waals surface area contributed by atoms with Crippen molar-refractivity contribution in [1.82, 2.24) is 5.32 Å². The Hall–Kier alpha value is -2.09. The Balaban J connectivity index is 1.64. The molecule has 2 unspecified atom stereocenters. The minimum atomic E-state index is 0.0187. The zero-order chi connectivity index (χ0) is 20.5. The second-order valence-corrected chi connectivity index (χ2v) is 9.71. The van der Waals surface area contributed by atoms with E-state index in [0.717, 1.165) is 21.4 Å². The summed E-state index contributed by atoms with van der Waals surface area (Å²) < 4.78 is 5.42. The SMILES string of the molecule is COc1ccc2c(c1)N(CC(=O)NC(C)C)/C(=C/C1Sc3ccccc3[NH+]1C)S2. The number of quaternary nitrogens is 1. The summed E-state index contributed by atoms with van der Waals surface area (Å²) in [6.07, 6.45) is 2.29. The number of thioether (sulfide) groups is 2. The van der Waals surface area contributed by atoms with Gasteiger partial charge in [0.15, 0.2) is 5.37 Å². The van der Waals surface area contributed by atoms with E-state index in [0.29, 0.717) is 6.54 Å². The smallest absolute Gasteiger partial charge is 0.240 e. The molecule has 152 valence electrons. The van der Waals surface area contributed by atoms with Gasteiger partial charge in [0.05, 0.1) is 29.8 Å². The molecule has 0 spiro atoms. The van der Waals surface area contributed by atoms with Crippen LogP contribution in [0.1, 0.15) is 13.8 Å². The van der Waals surface area contributed by atoms with Gasteiger partial charge in [0.1, 0.15) is 18.0 Å². The van der Waals surface area contributed by atoms with Crippen LogP contribution in [0.15, 0.2) is 63.4 Å². The summed E-state index contributed by atoms with van der Waals surface area (Å²) in [4.78, 5) is 18.5. The Morgan fingerprint density at radius 3 is 2.79 bits per heavy atom. The number of para-hydroxylation sites is 1. The summed E-state index contributed by atoms with van der Waals surface area (Å²) in [5.74, 6) is 0.815. The number of carbonyl (C=O) groups is 1. The largest absolute Gasteiger partial charge is 0.497 e. The first kappa shape index (κ1) is 20.2. The van der Waals surface area contributed by atoms with Gasteiger partial charge in [0.25, 0.3) is 0 Å². The molecule has 2 aromatic carbocycles. The second-order valence-electron chi connectivity index (χ2n) is 7.47. The Morgan fingerprint density at radius 1 is 1.28 bits per heavy atom. The maximum atomic E-state index is 12.6. The van der Waals surface area contributed by atoms with E-state index < -0.39 is 0 Å². The van der Waals surface area contributed by atoms with Crippen molar-refractivity contribution < 1.29 is 14.4 Å². The molecule has 2 atom stereocenters. The van der Waals surface area contributed by atoms with E-state index in [4.69, 9.17) is 4.74 Å². The van der Waals surface area contributed by atoms with Crippen LogP contribution in [-0.2, 0) is 4.79 Å². The number of ether oxygens (including phenoxy) is 1. The number of methoxy groups -OCH3 is 1. The summed E-state index contributed by atoms with van der Waals surface area (Å²) in [5.41, 5.74) is 2.35. The molecule has 7 heteroatoms. The zero-order valence-electron chi connectivity index (χ0n) is 17.1. The standard InChI is InChI=1S/C22H25N3O2S2/c1-14(2)23-20(26)13-25-17-11-15(27-4)9-10-19(17)29-22(25)12-21-24(3)16-7-5-6-8-18(16)28-21/h5-12,14,21H,13H2,1-4H3,(H,23,26)/p+1/b22-12-. The van der Waals surface area contributed by atoms with Crippen LogP contribution in [0.4, 0.5) is 11.4 Å². The van der Waals surface area contributed by atoms with Crippen LogP contribution in [-0.4, -0.2) is 38.0 Å². The van der Waals surface area contributed by atoms with E-state index in [-0.39, 0.29) is 17.3 Å². The Kier molecular flexibility index (Phi) is 5.81. The van der Waals surface area contributed by atoms with Gasteiger partial charge in [-0.25, -0.2) is 0 Å². The summed E-state index contributed by atoms with van der Waals surface area (Å²) in [7, 11) is 3.87. The van der Waals surface area contributed by atoms with E-state index in [1.54, 1.807) is 18.9 Å². The van der Waals surface area contributed by atoms with Gasteiger partial charge in [0, 0.05) is 29.1 Å². The van der Waals surface area contributed by atoms with Crippen molar-refractivity contribution in [2.24, 2.45) is 0 Å². The van der Waals surface area contributed by atoms with Crippen molar-refractivity contribution in [2.75, 3.05) is 25.6 Å². The number of carbonyl (C=O) groups excluding carboxylic acids is 1. The van der Waals surface area contributed by atoms with Crippen LogP contribution in [0, 0.1) is 0 Å². The van der Waals surface area contributed by atoms with Crippen LogP contribution >= 0.6 is 23.5 Å². The zero-order valence-corrected chi connectivity index (χ0v) is 18.7. The molecular formula is C22H26N3O2S2+. The Labute approximate surface area is 180 Å². The molecule has 0 radical (unpaired) electrons. The fourth-order valence-electron chi connectivity index (χ4n) is 3.57. The van der Waals surface area contributed by atoms with Gasteiger partial charge in [-0.3, -0.25) is 9.69 Å². The molecule has 2 heterocycles. The molecule has 1 amide bonds. The lowest BCUT2D eigenvalue weighted by Crippen LogP contribution is -3.05. The van der Waals surface area contributed by atoms with Gasteiger partial charge in [-0.2, -0.15) is 0 Å². The van der Waals surface area contributed by atoms with Gasteiger partial charge in [-0.05, 0) is 32.0 Å². The average molecular weight is 429 g/mol. The first-order chi connectivity index (χ1) is 14.0. The topological polar surface area (TPSA) is 46.0 Å². The van der Waals surface area contributed by atoms with Gasteiger partial charge >= 0.3 is 0 Å². The van der Waals surface area contributed by atoms with E-state index in [2.05, 4.69) is 53.7 Å². The molecule has 4 rings (SSSR count). The van der Waals surface area contributed by atoms with Crippen molar-refractivity contribution >= 4 is 40.8 Å². The molecule has 0 fully saturated rings. The molecule has 0 aromatic heterocycles. The van der Waals surface area contributed by atoms with E-state index >= 15 is 0 Å². The summed E-state index contributed by atoms with van der Waals surface area (Å²) >= 11 is 3.59. The number of benzene rings is 2. The monoisotopic (exact) mass is 428 g/mol. The first-order valence-electron chi connectivity index (χ1n) is 9.70. The first-order valence-corrected chi connectivity index (χ1v) is 11.4. The Morgan fingerprint density at radius 2 is 2.07 bits per heavy atom. The van der Waals surface area contributed by atoms with E-state index in [1.165, 1.54) is 15.5 Å². The molecule has 2 aliphatic rings. The average Bonchev–Trinajstić information content (AvgIpc) is 3.19. The molecule has 0 saturated heterocycles.